The molecule has 1 amide bonds. The molecule has 1 heterocycles. The number of hydrogen-bond donors (Lipinski definition) is 1. The molecule has 0 aliphatic carbocycles. The molecule has 0 aliphatic heterocycles. The topological polar surface area (TPSA) is 51.5 Å². The van der Waals surface area contributed by atoms with E-state index in [1.165, 1.54) is 0 Å². The highest BCUT2D eigenvalue weighted by Crippen LogP contribution is 2.33. The maximum atomic E-state index is 12.5. The lowest BCUT2D eigenvalue weighted by molar-refractivity contribution is -0.111. The van der Waals surface area contributed by atoms with Crippen LogP contribution in [0.5, 0.6) is 5.75 Å². The summed E-state index contributed by atoms with van der Waals surface area (Å²) in [5, 5.41) is 4.47. The van der Waals surface area contributed by atoms with Gasteiger partial charge in [0.2, 0.25) is 5.91 Å². The molecule has 140 valence electrons. The third-order valence-corrected chi connectivity index (χ3v) is 4.63. The van der Waals surface area contributed by atoms with Crippen LogP contribution in [0.4, 0.5) is 5.69 Å². The lowest BCUT2D eigenvalue weighted by atomic mass is 10.0. The molecule has 0 atom stereocenters. The van der Waals surface area contributed by atoms with E-state index >= 15 is 0 Å². The van der Waals surface area contributed by atoms with E-state index in [0.29, 0.717) is 23.1 Å². The van der Waals surface area contributed by atoms with Crippen LogP contribution in [-0.4, -0.2) is 12.5 Å². The summed E-state index contributed by atoms with van der Waals surface area (Å²) < 4.78 is 11.3. The van der Waals surface area contributed by atoms with Crippen molar-refractivity contribution in [3.05, 3.63) is 64.4 Å². The lowest BCUT2D eigenvalue weighted by Crippen LogP contribution is -2.10. The third-order valence-electron chi connectivity index (χ3n) is 4.40. The zero-order valence-electron chi connectivity index (χ0n) is 15.9. The number of nitrogens with one attached hydrogen (secondary N) is 1. The van der Waals surface area contributed by atoms with Gasteiger partial charge in [0.1, 0.15) is 11.3 Å². The predicted octanol–water partition coefficient (Wildman–Crippen LogP) is 6.14. The van der Waals surface area contributed by atoms with E-state index in [0.717, 1.165) is 33.2 Å². The van der Waals surface area contributed by atoms with E-state index in [4.69, 9.17) is 20.8 Å². The molecule has 5 heteroatoms. The number of furan rings is 1. The number of carbonyl (C=O) groups excluding carboxylic acids is 1. The molecule has 3 aromatic rings. The summed E-state index contributed by atoms with van der Waals surface area (Å²) in [6, 6.07) is 9.28. The van der Waals surface area contributed by atoms with Crippen molar-refractivity contribution in [3.8, 4) is 5.75 Å². The number of anilines is 1. The fourth-order valence-corrected chi connectivity index (χ4v) is 3.11. The second kappa shape index (κ2) is 7.89. The van der Waals surface area contributed by atoms with Gasteiger partial charge in [0.05, 0.1) is 12.9 Å². The Morgan fingerprint density at radius 2 is 2.00 bits per heavy atom. The number of ether oxygens (including phenoxy) is 1. The predicted molar refractivity (Wildman–Crippen MR) is 111 cm³/mol. The number of rotatable bonds is 5. The maximum absolute atomic E-state index is 12.5. The summed E-state index contributed by atoms with van der Waals surface area (Å²) in [4.78, 5) is 12.5. The molecule has 0 spiro atoms. The fourth-order valence-electron chi connectivity index (χ4n) is 2.94. The van der Waals surface area contributed by atoms with Crippen LogP contribution in [0.1, 0.15) is 30.5 Å². The van der Waals surface area contributed by atoms with Gasteiger partial charge >= 0.3 is 0 Å². The lowest BCUT2D eigenvalue weighted by Gasteiger charge is -2.12. The molecule has 0 unspecified atom stereocenters. The van der Waals surface area contributed by atoms with Gasteiger partial charge in [-0.25, -0.2) is 0 Å². The summed E-state index contributed by atoms with van der Waals surface area (Å²) in [6.45, 7) is 8.26. The number of allylic oxidation sites excluding steroid dienone is 1. The number of benzene rings is 2. The van der Waals surface area contributed by atoms with E-state index < -0.39 is 0 Å². The summed E-state index contributed by atoms with van der Waals surface area (Å²) in [7, 11) is 0. The second-order valence-corrected chi connectivity index (χ2v) is 6.91. The average Bonchev–Trinajstić information content (AvgIpc) is 2.98. The van der Waals surface area contributed by atoms with Crippen LogP contribution in [0, 0.1) is 13.8 Å². The molecule has 0 bridgehead atoms. The van der Waals surface area contributed by atoms with Gasteiger partial charge < -0.3 is 14.5 Å². The minimum absolute atomic E-state index is 0.218. The largest absolute Gasteiger partial charge is 0.493 e. The molecule has 0 saturated carbocycles. The molecule has 1 aromatic heterocycles. The molecule has 0 fully saturated rings. The van der Waals surface area contributed by atoms with Crippen molar-refractivity contribution < 1.29 is 13.9 Å². The van der Waals surface area contributed by atoms with Crippen molar-refractivity contribution in [2.24, 2.45) is 0 Å². The molecule has 2 aromatic carbocycles. The van der Waals surface area contributed by atoms with Gasteiger partial charge in [-0.05, 0) is 62.6 Å². The van der Waals surface area contributed by atoms with Gasteiger partial charge in [-0.3, -0.25) is 4.79 Å². The van der Waals surface area contributed by atoms with Crippen LogP contribution in [0.2, 0.25) is 5.02 Å². The number of hydrogen-bond acceptors (Lipinski definition) is 3. The first kappa shape index (κ1) is 19.1. The first-order valence-corrected chi connectivity index (χ1v) is 9.17. The SMILES string of the molecule is CCOc1cc2occ(C)c2cc1/C(C)=C/C(=O)Nc1cc(Cl)ccc1C. The Kier molecular flexibility index (Phi) is 5.57. The highest BCUT2D eigenvalue weighted by molar-refractivity contribution is 6.31. The molecule has 27 heavy (non-hydrogen) atoms. The first-order valence-electron chi connectivity index (χ1n) is 8.79. The van der Waals surface area contributed by atoms with Gasteiger partial charge in [0, 0.05) is 33.8 Å². The van der Waals surface area contributed by atoms with Crippen molar-refractivity contribution in [3.63, 3.8) is 0 Å². The first-order chi connectivity index (χ1) is 12.9. The van der Waals surface area contributed by atoms with Gasteiger partial charge in [-0.1, -0.05) is 17.7 Å². The molecule has 0 radical (unpaired) electrons. The average molecular weight is 384 g/mol. The Balaban J connectivity index is 1.94. The fraction of sp³-hybridized carbons (Fsp3) is 0.227. The van der Waals surface area contributed by atoms with Crippen LogP contribution in [-0.2, 0) is 4.79 Å². The summed E-state index contributed by atoms with van der Waals surface area (Å²) in [6.07, 6.45) is 3.29. The second-order valence-electron chi connectivity index (χ2n) is 6.47. The van der Waals surface area contributed by atoms with E-state index in [-0.39, 0.29) is 5.91 Å². The maximum Gasteiger partial charge on any atom is 0.248 e. The summed E-state index contributed by atoms with van der Waals surface area (Å²) in [5.74, 6) is 0.476. The highest BCUT2D eigenvalue weighted by Gasteiger charge is 2.13. The Labute approximate surface area is 163 Å². The monoisotopic (exact) mass is 383 g/mol. The Bertz CT molecular complexity index is 1030. The number of carbonyl (C=O) groups is 1. The summed E-state index contributed by atoms with van der Waals surface area (Å²) in [5.41, 5.74) is 5.13. The van der Waals surface area contributed by atoms with Crippen molar-refractivity contribution in [2.75, 3.05) is 11.9 Å². The van der Waals surface area contributed by atoms with Crippen LogP contribution in [0.25, 0.3) is 16.5 Å². The molecule has 3 rings (SSSR count). The van der Waals surface area contributed by atoms with Gasteiger partial charge in [0.25, 0.3) is 0 Å². The van der Waals surface area contributed by atoms with Crippen LogP contribution >= 0.6 is 11.6 Å². The molecular weight excluding hydrogens is 362 g/mol. The minimum atomic E-state index is -0.218. The quantitative estimate of drug-likeness (QED) is 0.538. The third kappa shape index (κ3) is 4.17. The molecule has 0 aliphatic rings. The Morgan fingerprint density at radius 1 is 1.22 bits per heavy atom. The van der Waals surface area contributed by atoms with Crippen molar-refractivity contribution in [1.29, 1.82) is 0 Å². The van der Waals surface area contributed by atoms with Crippen molar-refractivity contribution >= 4 is 39.7 Å². The number of halogens is 1. The number of aryl methyl sites for hydroxylation is 2. The van der Waals surface area contributed by atoms with Crippen molar-refractivity contribution in [1.82, 2.24) is 0 Å². The Hall–Kier alpha value is -2.72. The molecule has 1 N–H and O–H groups in total. The van der Waals surface area contributed by atoms with Gasteiger partial charge in [0.15, 0.2) is 0 Å². The zero-order chi connectivity index (χ0) is 19.6. The summed E-state index contributed by atoms with van der Waals surface area (Å²) >= 11 is 6.02. The standard InChI is InChI=1S/C22H22ClNO3/c1-5-26-20-11-21-18(15(4)12-27-21)10-17(20)14(3)8-22(25)24-19-9-16(23)7-6-13(19)2/h6-12H,5H2,1-4H3,(H,24,25)/b14-8+. The number of fused-ring (bicyclic) bond motifs is 1. The van der Waals surface area contributed by atoms with E-state index in [2.05, 4.69) is 5.32 Å². The molecular formula is C22H22ClNO3. The van der Waals surface area contributed by atoms with Crippen LogP contribution < -0.4 is 10.1 Å². The van der Waals surface area contributed by atoms with E-state index in [1.54, 1.807) is 24.5 Å². The minimum Gasteiger partial charge on any atom is -0.493 e. The normalized spacial score (nSPS) is 11.7. The number of amides is 1. The van der Waals surface area contributed by atoms with Crippen LogP contribution in [0.3, 0.4) is 0 Å². The van der Waals surface area contributed by atoms with E-state index in [1.807, 2.05) is 45.9 Å². The van der Waals surface area contributed by atoms with Gasteiger partial charge in [-0.2, -0.15) is 0 Å². The smallest absolute Gasteiger partial charge is 0.248 e. The van der Waals surface area contributed by atoms with Crippen LogP contribution in [0.15, 0.2) is 47.1 Å². The molecule has 4 nitrogen and oxygen atoms in total. The van der Waals surface area contributed by atoms with Gasteiger partial charge in [-0.15, -0.1) is 0 Å². The zero-order valence-corrected chi connectivity index (χ0v) is 16.6. The Morgan fingerprint density at radius 3 is 2.74 bits per heavy atom. The highest BCUT2D eigenvalue weighted by atomic mass is 35.5. The molecule has 0 saturated heterocycles. The van der Waals surface area contributed by atoms with E-state index in [9.17, 15) is 4.79 Å². The van der Waals surface area contributed by atoms with Crippen molar-refractivity contribution in [2.45, 2.75) is 27.7 Å².